The summed E-state index contributed by atoms with van der Waals surface area (Å²) in [5, 5.41) is 9.07. The Kier molecular flexibility index (Phi) is 5.03. The van der Waals surface area contributed by atoms with E-state index in [0.717, 1.165) is 12.1 Å². The Bertz CT molecular complexity index is 1080. The van der Waals surface area contributed by atoms with Crippen LogP contribution in [-0.4, -0.2) is 15.6 Å². The molecule has 0 unspecified atom stereocenters. The average molecular weight is 371 g/mol. The Morgan fingerprint density at radius 2 is 1.89 bits per heavy atom. The topological polar surface area (TPSA) is 68.5 Å². The van der Waals surface area contributed by atoms with Gasteiger partial charge in [-0.15, -0.1) is 0 Å². The third-order valence-electron chi connectivity index (χ3n) is 4.02. The zero-order valence-corrected chi connectivity index (χ0v) is 14.3. The molecule has 0 amide bonds. The summed E-state index contributed by atoms with van der Waals surface area (Å²) in [5.41, 5.74) is 0.973. The summed E-state index contributed by atoms with van der Waals surface area (Å²) < 4.78 is 33.3. The zero-order valence-electron chi connectivity index (χ0n) is 14.3. The molecule has 138 valence electrons. The monoisotopic (exact) mass is 371 g/mol. The number of hydrogen-bond donors (Lipinski definition) is 1. The van der Waals surface area contributed by atoms with E-state index in [0.29, 0.717) is 11.3 Å². The molecule has 2 aromatic carbocycles. The second kappa shape index (κ2) is 7.41. The van der Waals surface area contributed by atoms with E-state index in [1.165, 1.54) is 41.1 Å². The quantitative estimate of drug-likeness (QED) is 0.743. The summed E-state index contributed by atoms with van der Waals surface area (Å²) in [6.45, 7) is 1.49. The van der Waals surface area contributed by atoms with Crippen LogP contribution in [0.15, 0.2) is 59.5 Å². The lowest BCUT2D eigenvalue weighted by molar-refractivity contribution is 0.0696. The maximum Gasteiger partial charge on any atom is 0.335 e. The number of carboxylic acid groups (broad SMARTS) is 1. The van der Waals surface area contributed by atoms with Crippen molar-refractivity contribution in [3.8, 4) is 11.4 Å². The Morgan fingerprint density at radius 3 is 2.52 bits per heavy atom. The molecule has 5 nitrogen and oxygen atoms in total. The van der Waals surface area contributed by atoms with E-state index in [1.807, 2.05) is 0 Å². The molecule has 0 aliphatic carbocycles. The minimum absolute atomic E-state index is 0.151. The molecule has 1 aromatic heterocycles. The van der Waals surface area contributed by atoms with Gasteiger partial charge in [0.25, 0.3) is 5.56 Å². The molecule has 3 aromatic rings. The van der Waals surface area contributed by atoms with Gasteiger partial charge in [0.15, 0.2) is 0 Å². The van der Waals surface area contributed by atoms with Crippen LogP contribution in [0.5, 0.6) is 5.75 Å². The summed E-state index contributed by atoms with van der Waals surface area (Å²) in [4.78, 5) is 23.4. The molecule has 27 heavy (non-hydrogen) atoms. The lowest BCUT2D eigenvalue weighted by Gasteiger charge is -2.11. The number of hydrogen-bond acceptors (Lipinski definition) is 3. The number of rotatable bonds is 5. The van der Waals surface area contributed by atoms with Crippen LogP contribution in [-0.2, 0) is 6.61 Å². The van der Waals surface area contributed by atoms with Crippen molar-refractivity contribution in [1.29, 1.82) is 0 Å². The average Bonchev–Trinajstić information content (AvgIpc) is 2.60. The second-order valence-corrected chi connectivity index (χ2v) is 5.90. The first-order chi connectivity index (χ1) is 12.8. The number of halogens is 2. The minimum Gasteiger partial charge on any atom is -0.489 e. The second-order valence-electron chi connectivity index (χ2n) is 5.90. The number of aromatic carboxylic acids is 1. The van der Waals surface area contributed by atoms with Crippen molar-refractivity contribution >= 4 is 5.97 Å². The van der Waals surface area contributed by atoms with Crippen LogP contribution < -0.4 is 10.3 Å². The fourth-order valence-electron chi connectivity index (χ4n) is 2.60. The van der Waals surface area contributed by atoms with Crippen molar-refractivity contribution in [2.75, 3.05) is 0 Å². The molecule has 0 saturated carbocycles. The first kappa shape index (κ1) is 18.3. The van der Waals surface area contributed by atoms with Gasteiger partial charge in [0.1, 0.15) is 24.0 Å². The highest BCUT2D eigenvalue weighted by Crippen LogP contribution is 2.17. The number of carbonyl (C=O) groups is 1. The lowest BCUT2D eigenvalue weighted by Crippen LogP contribution is -2.17. The van der Waals surface area contributed by atoms with Crippen molar-refractivity contribution in [2.24, 2.45) is 0 Å². The standard InChI is InChI=1S/C20H15F2NO4/c1-12-8-15(4-5-17(12)20(25)26)23-7-6-16(10-19(23)24)27-11-13-2-3-14(21)9-18(13)22/h2-10H,11H2,1H3,(H,25,26). The number of aromatic nitrogens is 1. The molecule has 0 spiro atoms. The molecule has 0 bridgehead atoms. The van der Waals surface area contributed by atoms with Crippen LogP contribution in [0.2, 0.25) is 0 Å². The number of nitrogens with zero attached hydrogens (tertiary/aromatic N) is 1. The summed E-state index contributed by atoms with van der Waals surface area (Å²) in [7, 11) is 0. The Balaban J connectivity index is 1.80. The zero-order chi connectivity index (χ0) is 19.6. The predicted octanol–water partition coefficient (Wildman–Crippen LogP) is 3.70. The van der Waals surface area contributed by atoms with Crippen molar-refractivity contribution in [3.05, 3.63) is 93.4 Å². The van der Waals surface area contributed by atoms with E-state index in [4.69, 9.17) is 9.84 Å². The van der Waals surface area contributed by atoms with E-state index in [-0.39, 0.29) is 23.5 Å². The molecule has 0 aliphatic heterocycles. The van der Waals surface area contributed by atoms with Gasteiger partial charge in [-0.05, 0) is 48.9 Å². The van der Waals surface area contributed by atoms with Gasteiger partial charge < -0.3 is 9.84 Å². The number of carboxylic acids is 1. The first-order valence-electron chi connectivity index (χ1n) is 7.99. The van der Waals surface area contributed by atoms with Crippen LogP contribution in [0.1, 0.15) is 21.5 Å². The normalized spacial score (nSPS) is 10.6. The molecular formula is C20H15F2NO4. The molecule has 0 radical (unpaired) electrons. The number of pyridine rings is 1. The van der Waals surface area contributed by atoms with Gasteiger partial charge in [-0.3, -0.25) is 9.36 Å². The number of benzene rings is 2. The highest BCUT2D eigenvalue weighted by Gasteiger charge is 2.10. The van der Waals surface area contributed by atoms with Crippen molar-refractivity contribution < 1.29 is 23.4 Å². The van der Waals surface area contributed by atoms with Gasteiger partial charge in [0.05, 0.1) is 5.56 Å². The van der Waals surface area contributed by atoms with Crippen molar-refractivity contribution in [1.82, 2.24) is 4.57 Å². The molecule has 7 heteroatoms. The molecule has 0 saturated heterocycles. The largest absolute Gasteiger partial charge is 0.489 e. The SMILES string of the molecule is Cc1cc(-n2ccc(OCc3ccc(F)cc3F)cc2=O)ccc1C(=O)O. The maximum atomic E-state index is 13.6. The van der Waals surface area contributed by atoms with E-state index in [9.17, 15) is 18.4 Å². The summed E-state index contributed by atoms with van der Waals surface area (Å²) in [6.07, 6.45) is 1.48. The third-order valence-corrected chi connectivity index (χ3v) is 4.02. The van der Waals surface area contributed by atoms with Gasteiger partial charge in [-0.1, -0.05) is 0 Å². The third kappa shape index (κ3) is 4.03. The van der Waals surface area contributed by atoms with Gasteiger partial charge >= 0.3 is 5.97 Å². The maximum absolute atomic E-state index is 13.6. The van der Waals surface area contributed by atoms with Crippen molar-refractivity contribution in [3.63, 3.8) is 0 Å². The fourth-order valence-corrected chi connectivity index (χ4v) is 2.60. The van der Waals surface area contributed by atoms with Crippen LogP contribution in [0.25, 0.3) is 5.69 Å². The van der Waals surface area contributed by atoms with Gasteiger partial charge in [0, 0.05) is 29.6 Å². The van der Waals surface area contributed by atoms with Gasteiger partial charge in [-0.2, -0.15) is 0 Å². The number of ether oxygens (including phenoxy) is 1. The molecule has 1 heterocycles. The number of aryl methyl sites for hydroxylation is 1. The molecule has 0 aliphatic rings. The summed E-state index contributed by atoms with van der Waals surface area (Å²) in [5.74, 6) is -2.21. The van der Waals surface area contributed by atoms with Crippen LogP contribution in [0.4, 0.5) is 8.78 Å². The molecule has 0 atom stereocenters. The summed E-state index contributed by atoms with van der Waals surface area (Å²) in [6, 6.07) is 10.5. The highest BCUT2D eigenvalue weighted by molar-refractivity contribution is 5.89. The van der Waals surface area contributed by atoms with Crippen LogP contribution in [0, 0.1) is 18.6 Å². The summed E-state index contributed by atoms with van der Waals surface area (Å²) >= 11 is 0. The Labute approximate surface area is 153 Å². The minimum atomic E-state index is -1.04. The first-order valence-corrected chi connectivity index (χ1v) is 7.99. The van der Waals surface area contributed by atoms with Gasteiger partial charge in [-0.25, -0.2) is 13.6 Å². The highest BCUT2D eigenvalue weighted by atomic mass is 19.1. The van der Waals surface area contributed by atoms with E-state index in [1.54, 1.807) is 13.0 Å². The van der Waals surface area contributed by atoms with E-state index < -0.39 is 23.2 Å². The predicted molar refractivity (Wildman–Crippen MR) is 94.4 cm³/mol. The van der Waals surface area contributed by atoms with E-state index in [2.05, 4.69) is 0 Å². The molecule has 0 fully saturated rings. The van der Waals surface area contributed by atoms with Crippen LogP contribution in [0.3, 0.4) is 0 Å². The Hall–Kier alpha value is -3.48. The van der Waals surface area contributed by atoms with Crippen LogP contribution >= 0.6 is 0 Å². The van der Waals surface area contributed by atoms with Gasteiger partial charge in [0.2, 0.25) is 0 Å². The molecular weight excluding hydrogens is 356 g/mol. The van der Waals surface area contributed by atoms with E-state index >= 15 is 0 Å². The smallest absolute Gasteiger partial charge is 0.335 e. The fraction of sp³-hybridized carbons (Fsp3) is 0.100. The molecule has 3 rings (SSSR count). The Morgan fingerprint density at radius 1 is 1.11 bits per heavy atom. The lowest BCUT2D eigenvalue weighted by atomic mass is 10.1. The van der Waals surface area contributed by atoms with Crippen molar-refractivity contribution in [2.45, 2.75) is 13.5 Å². The molecule has 1 N–H and O–H groups in total.